The number of piperidine rings is 1. The first-order chi connectivity index (χ1) is 8.06. The van der Waals surface area contributed by atoms with E-state index in [4.69, 9.17) is 11.5 Å². The summed E-state index contributed by atoms with van der Waals surface area (Å²) in [5, 5.41) is 9.11. The van der Waals surface area contributed by atoms with Crippen molar-refractivity contribution in [2.75, 3.05) is 32.8 Å². The Bertz CT molecular complexity index is 375. The standard InChI is InChI=1S/C11H20N2O3S/c1-3-7-12(4-2)17(15,16)13-8-5-6-11(9-13)10-14/h1,11,14H,4-10H2,2H3. The van der Waals surface area contributed by atoms with Crippen LogP contribution in [0.2, 0.25) is 0 Å². The average Bonchev–Trinajstić information content (AvgIpc) is 2.35. The molecule has 1 N–H and O–H groups in total. The Morgan fingerprint density at radius 3 is 2.82 bits per heavy atom. The molecule has 6 heteroatoms. The molecule has 98 valence electrons. The van der Waals surface area contributed by atoms with E-state index in [1.54, 1.807) is 6.92 Å². The van der Waals surface area contributed by atoms with Crippen molar-refractivity contribution >= 4 is 10.2 Å². The second-order valence-corrected chi connectivity index (χ2v) is 6.12. The first-order valence-electron chi connectivity index (χ1n) is 5.85. The molecule has 1 saturated heterocycles. The van der Waals surface area contributed by atoms with Crippen LogP contribution in [0, 0.1) is 18.3 Å². The molecule has 0 bridgehead atoms. The Hall–Kier alpha value is -0.610. The van der Waals surface area contributed by atoms with Crippen LogP contribution in [-0.4, -0.2) is 54.9 Å². The molecule has 0 radical (unpaired) electrons. The van der Waals surface area contributed by atoms with E-state index in [0.29, 0.717) is 19.6 Å². The summed E-state index contributed by atoms with van der Waals surface area (Å²) in [4.78, 5) is 0. The Morgan fingerprint density at radius 1 is 1.59 bits per heavy atom. The molecule has 1 heterocycles. The molecule has 0 aromatic heterocycles. The Kier molecular flexibility index (Phi) is 5.40. The van der Waals surface area contributed by atoms with Gasteiger partial charge in [-0.25, -0.2) is 0 Å². The fourth-order valence-corrected chi connectivity index (χ4v) is 3.66. The van der Waals surface area contributed by atoms with Gasteiger partial charge < -0.3 is 5.11 Å². The lowest BCUT2D eigenvalue weighted by atomic mass is 10.0. The van der Waals surface area contributed by atoms with Crippen LogP contribution in [0.5, 0.6) is 0 Å². The second kappa shape index (κ2) is 6.36. The van der Waals surface area contributed by atoms with Gasteiger partial charge in [0.05, 0.1) is 6.54 Å². The van der Waals surface area contributed by atoms with E-state index in [2.05, 4.69) is 5.92 Å². The Balaban J connectivity index is 2.78. The average molecular weight is 260 g/mol. The molecule has 0 amide bonds. The van der Waals surface area contributed by atoms with E-state index in [1.165, 1.54) is 8.61 Å². The van der Waals surface area contributed by atoms with Gasteiger partial charge in [0.1, 0.15) is 0 Å². The third-order valence-electron chi connectivity index (χ3n) is 3.01. The van der Waals surface area contributed by atoms with Crippen LogP contribution in [0.25, 0.3) is 0 Å². The zero-order chi connectivity index (χ0) is 12.9. The normalized spacial score (nSPS) is 22.6. The number of hydrogen-bond donors (Lipinski definition) is 1. The molecule has 1 atom stereocenters. The fourth-order valence-electron chi connectivity index (χ4n) is 2.01. The predicted octanol–water partition coefficient (Wildman–Crippen LogP) is -0.109. The number of aliphatic hydroxyl groups is 1. The highest BCUT2D eigenvalue weighted by Crippen LogP contribution is 2.20. The van der Waals surface area contributed by atoms with Crippen LogP contribution in [0.15, 0.2) is 0 Å². The van der Waals surface area contributed by atoms with Gasteiger partial charge >= 0.3 is 0 Å². The van der Waals surface area contributed by atoms with Crippen molar-refractivity contribution < 1.29 is 13.5 Å². The lowest BCUT2D eigenvalue weighted by molar-refractivity contribution is 0.161. The quantitative estimate of drug-likeness (QED) is 0.702. The first-order valence-corrected chi connectivity index (χ1v) is 7.25. The number of rotatable bonds is 5. The SMILES string of the molecule is C#CCN(CC)S(=O)(=O)N1CCCC(CO)C1. The van der Waals surface area contributed by atoms with Crippen molar-refractivity contribution in [2.24, 2.45) is 5.92 Å². The Labute approximate surface area is 104 Å². The highest BCUT2D eigenvalue weighted by atomic mass is 32.2. The molecule has 1 aliphatic heterocycles. The minimum absolute atomic E-state index is 0.0350. The minimum atomic E-state index is -3.47. The van der Waals surface area contributed by atoms with Gasteiger partial charge in [-0.2, -0.15) is 17.0 Å². The molecular weight excluding hydrogens is 240 g/mol. The van der Waals surface area contributed by atoms with E-state index in [1.807, 2.05) is 0 Å². The molecule has 1 fully saturated rings. The second-order valence-electron chi connectivity index (χ2n) is 4.19. The number of nitrogens with zero attached hydrogens (tertiary/aromatic N) is 2. The highest BCUT2D eigenvalue weighted by molar-refractivity contribution is 7.86. The summed E-state index contributed by atoms with van der Waals surface area (Å²) in [7, 11) is -3.47. The molecule has 1 rings (SSSR count). The molecule has 1 aliphatic rings. The number of hydrogen-bond acceptors (Lipinski definition) is 3. The number of terminal acetylenes is 1. The van der Waals surface area contributed by atoms with Gasteiger partial charge in [0.15, 0.2) is 0 Å². The number of aliphatic hydroxyl groups excluding tert-OH is 1. The van der Waals surface area contributed by atoms with Crippen LogP contribution in [-0.2, 0) is 10.2 Å². The maximum atomic E-state index is 12.2. The lowest BCUT2D eigenvalue weighted by Crippen LogP contribution is -2.48. The van der Waals surface area contributed by atoms with Crippen molar-refractivity contribution in [1.29, 1.82) is 0 Å². The summed E-state index contributed by atoms with van der Waals surface area (Å²) in [6.45, 7) is 3.17. The van der Waals surface area contributed by atoms with Gasteiger partial charge in [-0.1, -0.05) is 12.8 Å². The summed E-state index contributed by atoms with van der Waals surface area (Å²) in [5.41, 5.74) is 0. The summed E-state index contributed by atoms with van der Waals surface area (Å²) >= 11 is 0. The smallest absolute Gasteiger partial charge is 0.282 e. The third-order valence-corrected chi connectivity index (χ3v) is 5.04. The molecule has 0 aromatic carbocycles. The van der Waals surface area contributed by atoms with Crippen LogP contribution >= 0.6 is 0 Å². The first kappa shape index (κ1) is 14.5. The largest absolute Gasteiger partial charge is 0.396 e. The third kappa shape index (κ3) is 3.42. The topological polar surface area (TPSA) is 60.9 Å². The van der Waals surface area contributed by atoms with Gasteiger partial charge in [-0.05, 0) is 18.8 Å². The molecule has 0 spiro atoms. The lowest BCUT2D eigenvalue weighted by Gasteiger charge is -2.34. The van der Waals surface area contributed by atoms with Crippen molar-refractivity contribution in [3.05, 3.63) is 0 Å². The van der Waals surface area contributed by atoms with Crippen LogP contribution in [0.3, 0.4) is 0 Å². The summed E-state index contributed by atoms with van der Waals surface area (Å²) < 4.78 is 27.2. The van der Waals surface area contributed by atoms with E-state index in [9.17, 15) is 8.42 Å². The van der Waals surface area contributed by atoms with Crippen molar-refractivity contribution in [2.45, 2.75) is 19.8 Å². The maximum absolute atomic E-state index is 12.2. The van der Waals surface area contributed by atoms with E-state index in [-0.39, 0.29) is 19.1 Å². The van der Waals surface area contributed by atoms with Crippen molar-refractivity contribution in [1.82, 2.24) is 8.61 Å². The summed E-state index contributed by atoms with van der Waals surface area (Å²) in [6.07, 6.45) is 6.84. The van der Waals surface area contributed by atoms with Crippen LogP contribution in [0.4, 0.5) is 0 Å². The fraction of sp³-hybridized carbons (Fsp3) is 0.818. The maximum Gasteiger partial charge on any atom is 0.282 e. The molecule has 0 aromatic rings. The Morgan fingerprint density at radius 2 is 2.29 bits per heavy atom. The molecule has 1 unspecified atom stereocenters. The zero-order valence-electron chi connectivity index (χ0n) is 10.2. The summed E-state index contributed by atoms with van der Waals surface area (Å²) in [6, 6.07) is 0. The van der Waals surface area contributed by atoms with Gasteiger partial charge in [0, 0.05) is 26.2 Å². The van der Waals surface area contributed by atoms with Gasteiger partial charge in [0.2, 0.25) is 0 Å². The van der Waals surface area contributed by atoms with Gasteiger partial charge in [0.25, 0.3) is 10.2 Å². The van der Waals surface area contributed by atoms with E-state index in [0.717, 1.165) is 12.8 Å². The monoisotopic (exact) mass is 260 g/mol. The predicted molar refractivity (Wildman–Crippen MR) is 66.4 cm³/mol. The van der Waals surface area contributed by atoms with E-state index < -0.39 is 10.2 Å². The molecule has 17 heavy (non-hydrogen) atoms. The van der Waals surface area contributed by atoms with E-state index >= 15 is 0 Å². The zero-order valence-corrected chi connectivity index (χ0v) is 11.0. The van der Waals surface area contributed by atoms with Gasteiger partial charge in [-0.3, -0.25) is 0 Å². The molecule has 5 nitrogen and oxygen atoms in total. The van der Waals surface area contributed by atoms with Crippen molar-refractivity contribution in [3.8, 4) is 12.3 Å². The van der Waals surface area contributed by atoms with Gasteiger partial charge in [-0.15, -0.1) is 6.42 Å². The summed E-state index contributed by atoms with van der Waals surface area (Å²) in [5.74, 6) is 2.40. The van der Waals surface area contributed by atoms with Crippen LogP contribution < -0.4 is 0 Å². The molecule has 0 aliphatic carbocycles. The van der Waals surface area contributed by atoms with Crippen molar-refractivity contribution in [3.63, 3.8) is 0 Å². The molecule has 0 saturated carbocycles. The molecular formula is C11H20N2O3S. The minimum Gasteiger partial charge on any atom is -0.396 e. The van der Waals surface area contributed by atoms with Crippen LogP contribution in [0.1, 0.15) is 19.8 Å². The highest BCUT2D eigenvalue weighted by Gasteiger charge is 2.32.